The Morgan fingerprint density at radius 3 is 1.63 bits per heavy atom. The van der Waals surface area contributed by atoms with Crippen molar-refractivity contribution in [2.24, 2.45) is 0 Å². The molecule has 23 heteroatoms. The minimum absolute atomic E-state index is 0.235. The molecule has 0 bridgehead atoms. The van der Waals surface area contributed by atoms with Gasteiger partial charge in [-0.3, -0.25) is 28.8 Å². The highest BCUT2D eigenvalue weighted by Gasteiger charge is 2.57. The van der Waals surface area contributed by atoms with Crippen molar-refractivity contribution in [2.45, 2.75) is 108 Å². The van der Waals surface area contributed by atoms with Gasteiger partial charge in [0.25, 0.3) is 0 Å². The molecule has 3 rings (SSSR count). The van der Waals surface area contributed by atoms with Gasteiger partial charge < -0.3 is 51.9 Å². The van der Waals surface area contributed by atoms with Crippen LogP contribution in [-0.2, 0) is 81.5 Å². The predicted molar refractivity (Wildman–Crippen MR) is 165 cm³/mol. The summed E-state index contributed by atoms with van der Waals surface area (Å²) in [6, 6.07) is 3.87. The molecule has 10 atom stereocenters. The monoisotopic (exact) mass is 802 g/mol. The highest BCUT2D eigenvalue weighted by atomic mass is 32.2. The molecule has 1 aromatic rings. The maximum absolute atomic E-state index is 13.1. The summed E-state index contributed by atoms with van der Waals surface area (Å²) in [5.41, 5.74) is -6.04. The van der Waals surface area contributed by atoms with Crippen molar-refractivity contribution in [3.05, 3.63) is 29.8 Å². The molecule has 2 aliphatic heterocycles. The van der Waals surface area contributed by atoms with Crippen molar-refractivity contribution in [3.63, 3.8) is 0 Å². The minimum atomic E-state index is -6.15. The van der Waals surface area contributed by atoms with Crippen LogP contribution in [0.5, 0.6) is 5.75 Å². The first kappa shape index (κ1) is 43.8. The van der Waals surface area contributed by atoms with Crippen molar-refractivity contribution < 1.29 is 102 Å². The molecular weight excluding hydrogens is 765 g/mol. The third kappa shape index (κ3) is 11.7. The molecule has 2 saturated heterocycles. The number of alkyl halides is 3. The van der Waals surface area contributed by atoms with Crippen LogP contribution in [0.3, 0.4) is 0 Å². The van der Waals surface area contributed by atoms with E-state index in [1.165, 1.54) is 6.07 Å². The molecule has 1 aromatic carbocycles. The molecule has 2 heterocycles. The number of hydrogen-bond donors (Lipinski definition) is 1. The lowest BCUT2D eigenvalue weighted by Gasteiger charge is -2.48. The third-order valence-electron chi connectivity index (χ3n) is 7.33. The highest BCUT2D eigenvalue weighted by Crippen LogP contribution is 2.40. The lowest BCUT2D eigenvalue weighted by molar-refractivity contribution is -0.345. The minimum Gasteiger partial charge on any atom is -0.463 e. The molecule has 0 aromatic heterocycles. The van der Waals surface area contributed by atoms with E-state index in [-0.39, 0.29) is 5.56 Å². The number of aliphatic hydroxyl groups is 1. The van der Waals surface area contributed by atoms with Crippen molar-refractivity contribution in [1.29, 1.82) is 0 Å². The van der Waals surface area contributed by atoms with Crippen LogP contribution in [0.1, 0.15) is 53.2 Å². The van der Waals surface area contributed by atoms with Gasteiger partial charge in [-0.2, -0.15) is 21.6 Å². The van der Waals surface area contributed by atoms with Crippen LogP contribution in [0.4, 0.5) is 13.2 Å². The van der Waals surface area contributed by atoms with E-state index in [2.05, 4.69) is 4.18 Å². The first-order valence-corrected chi connectivity index (χ1v) is 17.1. The standard InChI is InChI=1S/C31H37F3O19S/c1-13(35)44-11-21-25(46-15(3)37)27(23(41)24(50-21)19-8-7-9-20(10-19)53-54(42,43)31(32,33)34)52-30-29(49-18(6)40)28(48-17(5)39)26(47-16(4)38)22(51-30)12-45-14(2)36/h7-10,21-30,41H,11-12H2,1-6H3/t21-,22-,23-,24-,25-,26-,27-,28+,29+,30-/m1/s1. The SMILES string of the molecule is CC(=O)OC[C@H]1O[C@H](O[C@@H]2[C@H](O)[C@@H](c3cccc(OS(=O)(=O)C(F)(F)F)c3)O[C@H](COC(C)=O)[C@H]2OC(C)=O)[C@@H](OC(C)=O)[C@@H](OC(C)=O)[C@@H]1OC(C)=O. The average Bonchev–Trinajstić information content (AvgIpc) is 3.02. The van der Waals surface area contributed by atoms with E-state index in [9.17, 15) is 55.5 Å². The lowest BCUT2D eigenvalue weighted by atomic mass is 9.90. The fraction of sp³-hybridized carbons (Fsp3) is 0.613. The number of hydrogen-bond acceptors (Lipinski definition) is 19. The van der Waals surface area contributed by atoms with E-state index < -0.39 is 132 Å². The maximum Gasteiger partial charge on any atom is 0.534 e. The molecule has 302 valence electrons. The van der Waals surface area contributed by atoms with Crippen LogP contribution in [0.2, 0.25) is 0 Å². The van der Waals surface area contributed by atoms with Gasteiger partial charge in [0.05, 0.1) is 0 Å². The molecule has 0 spiro atoms. The van der Waals surface area contributed by atoms with Crippen LogP contribution in [0.15, 0.2) is 24.3 Å². The fourth-order valence-corrected chi connectivity index (χ4v) is 5.85. The molecule has 1 N–H and O–H groups in total. The summed E-state index contributed by atoms with van der Waals surface area (Å²) in [6.07, 6.45) is -17.6. The predicted octanol–water partition coefficient (Wildman–Crippen LogP) is 0.679. The smallest absolute Gasteiger partial charge is 0.463 e. The summed E-state index contributed by atoms with van der Waals surface area (Å²) in [7, 11) is -6.15. The van der Waals surface area contributed by atoms with E-state index in [0.717, 1.165) is 59.7 Å². The van der Waals surface area contributed by atoms with Crippen molar-refractivity contribution >= 4 is 45.9 Å². The molecule has 19 nitrogen and oxygen atoms in total. The molecular formula is C31H37F3O19S. The van der Waals surface area contributed by atoms with Crippen LogP contribution in [-0.4, -0.2) is 123 Å². The zero-order chi connectivity index (χ0) is 40.7. The number of aliphatic hydroxyl groups excluding tert-OH is 1. The van der Waals surface area contributed by atoms with Crippen LogP contribution in [0, 0.1) is 0 Å². The maximum atomic E-state index is 13.1. The van der Waals surface area contributed by atoms with Gasteiger partial charge in [-0.1, -0.05) is 12.1 Å². The summed E-state index contributed by atoms with van der Waals surface area (Å²) in [4.78, 5) is 72.6. The summed E-state index contributed by atoms with van der Waals surface area (Å²) in [5.74, 6) is -6.48. The zero-order valence-electron chi connectivity index (χ0n) is 29.3. The second-order valence-corrected chi connectivity index (χ2v) is 13.2. The first-order valence-electron chi connectivity index (χ1n) is 15.7. The van der Waals surface area contributed by atoms with Gasteiger partial charge in [-0.15, -0.1) is 0 Å². The fourth-order valence-electron chi connectivity index (χ4n) is 5.40. The molecule has 2 aliphatic rings. The number of benzene rings is 1. The van der Waals surface area contributed by atoms with Crippen LogP contribution >= 0.6 is 0 Å². The van der Waals surface area contributed by atoms with Gasteiger partial charge in [0.15, 0.2) is 30.7 Å². The summed E-state index contributed by atoms with van der Waals surface area (Å²) >= 11 is 0. The number of carbonyl (C=O) groups excluding carboxylic acids is 6. The molecule has 0 amide bonds. The Morgan fingerprint density at radius 1 is 0.685 bits per heavy atom. The third-order valence-corrected chi connectivity index (χ3v) is 8.31. The second-order valence-electron chi connectivity index (χ2n) is 11.7. The van der Waals surface area contributed by atoms with Crippen molar-refractivity contribution in [2.75, 3.05) is 13.2 Å². The van der Waals surface area contributed by atoms with E-state index in [1.807, 2.05) is 0 Å². The van der Waals surface area contributed by atoms with E-state index >= 15 is 0 Å². The van der Waals surface area contributed by atoms with Gasteiger partial charge in [0, 0.05) is 41.5 Å². The van der Waals surface area contributed by atoms with Crippen LogP contribution in [0.25, 0.3) is 0 Å². The number of ether oxygens (including phenoxy) is 9. The number of carbonyl (C=O) groups is 6. The quantitative estimate of drug-likeness (QED) is 0.125. The van der Waals surface area contributed by atoms with E-state index in [1.54, 1.807) is 0 Å². The Hall–Kier alpha value is -4.58. The summed E-state index contributed by atoms with van der Waals surface area (Å²) in [6.45, 7) is 4.52. The largest absolute Gasteiger partial charge is 0.534 e. The summed E-state index contributed by atoms with van der Waals surface area (Å²) < 4.78 is 116. The molecule has 0 radical (unpaired) electrons. The van der Waals surface area contributed by atoms with Crippen LogP contribution < -0.4 is 4.18 Å². The molecule has 0 saturated carbocycles. The highest BCUT2D eigenvalue weighted by molar-refractivity contribution is 7.88. The van der Waals surface area contributed by atoms with E-state index in [4.69, 9.17) is 42.6 Å². The van der Waals surface area contributed by atoms with Gasteiger partial charge in [-0.05, 0) is 17.7 Å². The first-order chi connectivity index (χ1) is 25.0. The second kappa shape index (κ2) is 18.2. The average molecular weight is 803 g/mol. The Balaban J connectivity index is 2.18. The molecule has 0 unspecified atom stereocenters. The Morgan fingerprint density at radius 2 is 1.15 bits per heavy atom. The van der Waals surface area contributed by atoms with Gasteiger partial charge in [0.2, 0.25) is 0 Å². The Labute approximate surface area is 305 Å². The Bertz CT molecular complexity index is 1670. The zero-order valence-corrected chi connectivity index (χ0v) is 30.2. The number of halogens is 3. The summed E-state index contributed by atoms with van der Waals surface area (Å²) in [5, 5.41) is 11.8. The Kier molecular flexibility index (Phi) is 14.7. The number of esters is 6. The number of rotatable bonds is 13. The molecule has 54 heavy (non-hydrogen) atoms. The lowest BCUT2D eigenvalue weighted by Crippen LogP contribution is -2.66. The van der Waals surface area contributed by atoms with Crippen molar-refractivity contribution in [1.82, 2.24) is 0 Å². The van der Waals surface area contributed by atoms with E-state index in [0.29, 0.717) is 0 Å². The topological polar surface area (TPSA) is 249 Å². The molecule has 0 aliphatic carbocycles. The van der Waals surface area contributed by atoms with Crippen molar-refractivity contribution in [3.8, 4) is 5.75 Å². The normalized spacial score (nSPS) is 28.5. The van der Waals surface area contributed by atoms with Gasteiger partial charge in [0.1, 0.15) is 49.5 Å². The van der Waals surface area contributed by atoms with Gasteiger partial charge >= 0.3 is 51.4 Å². The van der Waals surface area contributed by atoms with Gasteiger partial charge in [-0.25, -0.2) is 0 Å². The molecule has 2 fully saturated rings.